The second kappa shape index (κ2) is 8.10. The molecule has 0 N–H and O–H groups in total. The van der Waals surface area contributed by atoms with Gasteiger partial charge in [-0.1, -0.05) is 25.7 Å². The van der Waals surface area contributed by atoms with E-state index in [1.165, 1.54) is 12.1 Å². The van der Waals surface area contributed by atoms with Gasteiger partial charge in [0.05, 0.1) is 17.4 Å². The molecule has 0 spiro atoms. The first-order valence-corrected chi connectivity index (χ1v) is 13.5. The minimum absolute atomic E-state index is 0.326. The first kappa shape index (κ1) is 21.8. The van der Waals surface area contributed by atoms with E-state index in [0.29, 0.717) is 37.7 Å². The number of halogens is 3. The Kier molecular flexibility index (Phi) is 6.10. The van der Waals surface area contributed by atoms with Crippen molar-refractivity contribution in [1.29, 1.82) is 0 Å². The van der Waals surface area contributed by atoms with Gasteiger partial charge in [-0.05, 0) is 25.1 Å². The zero-order valence-electron chi connectivity index (χ0n) is 17.5. The summed E-state index contributed by atoms with van der Waals surface area (Å²) >= 11 is 0. The highest BCUT2D eigenvalue weighted by molar-refractivity contribution is 6.76. The third-order valence-electron chi connectivity index (χ3n) is 5.04. The van der Waals surface area contributed by atoms with Crippen molar-refractivity contribution in [3.8, 4) is 0 Å². The van der Waals surface area contributed by atoms with Crippen molar-refractivity contribution in [3.05, 3.63) is 29.3 Å². The number of aliphatic imine (C=N–C) groups is 2. The molecule has 0 bridgehead atoms. The fourth-order valence-electron chi connectivity index (χ4n) is 3.43. The van der Waals surface area contributed by atoms with Gasteiger partial charge in [-0.2, -0.15) is 13.2 Å². The molecule has 2 heterocycles. The van der Waals surface area contributed by atoms with Gasteiger partial charge >= 0.3 is 6.18 Å². The third kappa shape index (κ3) is 5.82. The highest BCUT2D eigenvalue weighted by Gasteiger charge is 2.35. The van der Waals surface area contributed by atoms with Crippen LogP contribution in [0.15, 0.2) is 28.2 Å². The zero-order chi connectivity index (χ0) is 21.3. The van der Waals surface area contributed by atoms with Crippen LogP contribution in [-0.4, -0.2) is 64.2 Å². The maximum Gasteiger partial charge on any atom is 0.416 e. The second-order valence-electron chi connectivity index (χ2n) is 9.26. The van der Waals surface area contributed by atoms with Crippen molar-refractivity contribution in [2.24, 2.45) is 9.98 Å². The van der Waals surface area contributed by atoms with Crippen LogP contribution in [0.2, 0.25) is 25.7 Å². The molecule has 1 unspecified atom stereocenters. The van der Waals surface area contributed by atoms with Crippen LogP contribution in [0.1, 0.15) is 18.1 Å². The summed E-state index contributed by atoms with van der Waals surface area (Å²) in [7, 11) is -1.12. The van der Waals surface area contributed by atoms with Gasteiger partial charge in [-0.15, -0.1) is 0 Å². The molecule has 0 aromatic heterocycles. The number of ether oxygens (including phenoxy) is 1. The molecule has 1 aromatic rings. The molecule has 1 atom stereocenters. The van der Waals surface area contributed by atoms with Gasteiger partial charge in [0, 0.05) is 45.2 Å². The lowest BCUT2D eigenvalue weighted by Crippen LogP contribution is -2.45. The lowest BCUT2D eigenvalue weighted by Gasteiger charge is -2.34. The minimum atomic E-state index is -4.37. The van der Waals surface area contributed by atoms with Crippen LogP contribution in [0.5, 0.6) is 0 Å². The average molecular weight is 427 g/mol. The summed E-state index contributed by atoms with van der Waals surface area (Å²) in [4.78, 5) is 12.8. The van der Waals surface area contributed by atoms with Gasteiger partial charge in [0.2, 0.25) is 0 Å². The molecule has 0 fully saturated rings. The molecule has 2 aliphatic heterocycles. The number of anilines is 1. The van der Waals surface area contributed by atoms with Gasteiger partial charge in [-0.3, -0.25) is 9.98 Å². The van der Waals surface area contributed by atoms with Crippen molar-refractivity contribution in [2.75, 3.05) is 38.0 Å². The quantitative estimate of drug-likeness (QED) is 0.482. The SMILES string of the molecule is CC1(CN2CN=Cc3ccc(C(F)(F)F)cc32)CN(COCC[Si](C)(C)C)C=N1. The summed E-state index contributed by atoms with van der Waals surface area (Å²) in [5, 5.41) is 0. The van der Waals surface area contributed by atoms with E-state index in [4.69, 9.17) is 4.74 Å². The smallest absolute Gasteiger partial charge is 0.361 e. The number of rotatable bonds is 7. The summed E-state index contributed by atoms with van der Waals surface area (Å²) in [5.41, 5.74) is 0.173. The number of hydrogen-bond acceptors (Lipinski definition) is 5. The van der Waals surface area contributed by atoms with E-state index in [-0.39, 0.29) is 0 Å². The second-order valence-corrected chi connectivity index (χ2v) is 14.9. The standard InChI is InChI=1S/C20H29F3N4OSi/c1-19(11-26(14-25-19)15-28-7-8-29(2,3)4)12-27-13-24-10-16-5-6-17(9-18(16)27)20(21,22)23/h5-6,9-10,14H,7-8,11-13,15H2,1-4H3. The Labute approximate surface area is 171 Å². The van der Waals surface area contributed by atoms with Crippen LogP contribution in [0.4, 0.5) is 18.9 Å². The van der Waals surface area contributed by atoms with Crippen molar-refractivity contribution >= 4 is 26.3 Å². The first-order chi connectivity index (χ1) is 13.5. The van der Waals surface area contributed by atoms with Gasteiger partial charge in [0.1, 0.15) is 13.4 Å². The van der Waals surface area contributed by atoms with Gasteiger partial charge < -0.3 is 14.5 Å². The normalized spacial score (nSPS) is 21.8. The summed E-state index contributed by atoms with van der Waals surface area (Å²) in [6.45, 7) is 11.6. The van der Waals surface area contributed by atoms with Gasteiger partial charge in [0.15, 0.2) is 0 Å². The average Bonchev–Trinajstić information content (AvgIpc) is 2.98. The topological polar surface area (TPSA) is 40.4 Å². The van der Waals surface area contributed by atoms with E-state index >= 15 is 0 Å². The molecule has 2 aliphatic rings. The number of hydrogen-bond donors (Lipinski definition) is 0. The Morgan fingerprint density at radius 2 is 2.00 bits per heavy atom. The maximum absolute atomic E-state index is 13.1. The summed E-state index contributed by atoms with van der Waals surface area (Å²) in [6, 6.07) is 4.90. The summed E-state index contributed by atoms with van der Waals surface area (Å²) in [5.74, 6) is 0. The van der Waals surface area contributed by atoms with E-state index in [2.05, 4.69) is 29.6 Å². The molecule has 0 saturated carbocycles. The molecule has 0 amide bonds. The highest BCUT2D eigenvalue weighted by Crippen LogP contribution is 2.35. The first-order valence-electron chi connectivity index (χ1n) is 9.78. The largest absolute Gasteiger partial charge is 0.416 e. The maximum atomic E-state index is 13.1. The lowest BCUT2D eigenvalue weighted by atomic mass is 10.0. The van der Waals surface area contributed by atoms with Crippen molar-refractivity contribution in [2.45, 2.75) is 44.3 Å². The van der Waals surface area contributed by atoms with Crippen LogP contribution in [0.3, 0.4) is 0 Å². The predicted octanol–water partition coefficient (Wildman–Crippen LogP) is 4.32. The molecule has 29 heavy (non-hydrogen) atoms. The van der Waals surface area contributed by atoms with Crippen LogP contribution < -0.4 is 4.90 Å². The van der Waals surface area contributed by atoms with E-state index in [0.717, 1.165) is 18.7 Å². The predicted molar refractivity (Wildman–Crippen MR) is 114 cm³/mol. The Morgan fingerprint density at radius 1 is 1.24 bits per heavy atom. The number of benzene rings is 1. The third-order valence-corrected chi connectivity index (χ3v) is 6.75. The Balaban J connectivity index is 1.61. The highest BCUT2D eigenvalue weighted by atomic mass is 28.3. The van der Waals surface area contributed by atoms with Crippen molar-refractivity contribution < 1.29 is 17.9 Å². The number of nitrogens with zero attached hydrogens (tertiary/aromatic N) is 4. The van der Waals surface area contributed by atoms with E-state index in [1.54, 1.807) is 12.6 Å². The van der Waals surface area contributed by atoms with E-state index < -0.39 is 25.4 Å². The van der Waals surface area contributed by atoms with E-state index in [9.17, 15) is 13.2 Å². The lowest BCUT2D eigenvalue weighted by molar-refractivity contribution is -0.137. The van der Waals surface area contributed by atoms with Crippen molar-refractivity contribution in [3.63, 3.8) is 0 Å². The Bertz CT molecular complexity index is 791. The number of fused-ring (bicyclic) bond motifs is 1. The molecule has 0 saturated heterocycles. The number of alkyl halides is 3. The molecule has 3 rings (SSSR count). The Hall–Kier alpha value is -1.87. The molecule has 0 aliphatic carbocycles. The van der Waals surface area contributed by atoms with Crippen LogP contribution in [0, 0.1) is 0 Å². The summed E-state index contributed by atoms with van der Waals surface area (Å²) < 4.78 is 45.2. The Morgan fingerprint density at radius 3 is 2.69 bits per heavy atom. The fraction of sp³-hybridized carbons (Fsp3) is 0.600. The molecular formula is C20H29F3N4OSi. The molecule has 160 valence electrons. The molecule has 0 radical (unpaired) electrons. The van der Waals surface area contributed by atoms with Crippen LogP contribution in [-0.2, 0) is 10.9 Å². The van der Waals surface area contributed by atoms with E-state index in [1.807, 2.05) is 16.7 Å². The zero-order valence-corrected chi connectivity index (χ0v) is 18.5. The van der Waals surface area contributed by atoms with Crippen molar-refractivity contribution in [1.82, 2.24) is 4.90 Å². The van der Waals surface area contributed by atoms with Gasteiger partial charge in [-0.25, -0.2) is 0 Å². The fourth-order valence-corrected chi connectivity index (χ4v) is 4.19. The molecule has 1 aromatic carbocycles. The molecular weight excluding hydrogens is 397 g/mol. The summed E-state index contributed by atoms with van der Waals surface area (Å²) in [6.07, 6.45) is -0.950. The van der Waals surface area contributed by atoms with Crippen LogP contribution in [0.25, 0.3) is 0 Å². The van der Waals surface area contributed by atoms with Gasteiger partial charge in [0.25, 0.3) is 0 Å². The minimum Gasteiger partial charge on any atom is -0.361 e. The molecule has 5 nitrogen and oxygen atoms in total. The monoisotopic (exact) mass is 426 g/mol. The van der Waals surface area contributed by atoms with Crippen LogP contribution >= 0.6 is 0 Å². The molecule has 9 heteroatoms.